The first-order chi connectivity index (χ1) is 12.8. The van der Waals surface area contributed by atoms with Crippen LogP contribution in [-0.4, -0.2) is 70.2 Å². The van der Waals surface area contributed by atoms with Crippen molar-refractivity contribution in [2.24, 2.45) is 5.41 Å². The summed E-state index contributed by atoms with van der Waals surface area (Å²) in [5, 5.41) is 9.71. The van der Waals surface area contributed by atoms with Gasteiger partial charge >= 0.3 is 0 Å². The number of ether oxygens (including phenoxy) is 2. The van der Waals surface area contributed by atoms with Gasteiger partial charge in [0.15, 0.2) is 17.0 Å². The molecule has 0 amide bonds. The Hall–Kier alpha value is -1.77. The maximum Gasteiger partial charge on any atom is 0.165 e. The molecule has 0 spiro atoms. The third-order valence-corrected chi connectivity index (χ3v) is 5.45. The van der Waals surface area contributed by atoms with E-state index < -0.39 is 0 Å². The van der Waals surface area contributed by atoms with Crippen molar-refractivity contribution in [3.63, 3.8) is 0 Å². The van der Waals surface area contributed by atoms with E-state index in [9.17, 15) is 5.11 Å². The van der Waals surface area contributed by atoms with Gasteiger partial charge in [0.1, 0.15) is 6.33 Å². The highest BCUT2D eigenvalue weighted by molar-refractivity contribution is 5.83. The molecule has 0 radical (unpaired) electrons. The van der Waals surface area contributed by atoms with Crippen LogP contribution in [0, 0.1) is 5.41 Å². The highest BCUT2D eigenvalue weighted by Crippen LogP contribution is 2.32. The lowest BCUT2D eigenvalue weighted by atomic mass is 9.87. The number of piperidine rings is 1. The molecule has 8 nitrogen and oxygen atoms in total. The molecule has 4 heterocycles. The van der Waals surface area contributed by atoms with Gasteiger partial charge in [-0.1, -0.05) is 0 Å². The van der Waals surface area contributed by atoms with Crippen LogP contribution in [-0.2, 0) is 16.0 Å². The maximum atomic E-state index is 9.71. The Bertz CT molecular complexity index is 740. The largest absolute Gasteiger partial charge is 0.396 e. The summed E-state index contributed by atoms with van der Waals surface area (Å²) in [6, 6.07) is 0.329. The Morgan fingerprint density at radius 3 is 2.92 bits per heavy atom. The van der Waals surface area contributed by atoms with Gasteiger partial charge < -0.3 is 24.0 Å². The maximum absolute atomic E-state index is 9.71. The third-order valence-electron chi connectivity index (χ3n) is 5.45. The van der Waals surface area contributed by atoms with Gasteiger partial charge in [0.25, 0.3) is 0 Å². The van der Waals surface area contributed by atoms with Crippen molar-refractivity contribution in [1.82, 2.24) is 19.5 Å². The standard InChI is InChI=1S/C18H27N5O3/c1-2-25-7-14-5-3-4-6-23(14)17-15-16(19-12-20-17)22(13-21-15)8-18(9-24)10-26-11-18/h12-14,24H,2-11H2,1H3. The molecule has 2 aromatic rings. The van der Waals surface area contributed by atoms with Crippen molar-refractivity contribution in [2.75, 3.05) is 44.5 Å². The molecule has 1 atom stereocenters. The van der Waals surface area contributed by atoms with E-state index in [1.54, 1.807) is 12.7 Å². The summed E-state index contributed by atoms with van der Waals surface area (Å²) in [4.78, 5) is 16.0. The van der Waals surface area contributed by atoms with E-state index >= 15 is 0 Å². The van der Waals surface area contributed by atoms with Crippen molar-refractivity contribution in [2.45, 2.75) is 38.8 Å². The summed E-state index contributed by atoms with van der Waals surface area (Å²) in [5.74, 6) is 0.890. The summed E-state index contributed by atoms with van der Waals surface area (Å²) in [7, 11) is 0. The Kier molecular flexibility index (Phi) is 5.06. The number of aliphatic hydroxyl groups excluding tert-OH is 1. The molecule has 1 unspecified atom stereocenters. The van der Waals surface area contributed by atoms with Gasteiger partial charge in [0, 0.05) is 19.7 Å². The van der Waals surface area contributed by atoms with Crippen molar-refractivity contribution < 1.29 is 14.6 Å². The molecule has 2 saturated heterocycles. The molecule has 0 bridgehead atoms. The zero-order valence-corrected chi connectivity index (χ0v) is 15.3. The van der Waals surface area contributed by atoms with E-state index in [4.69, 9.17) is 9.47 Å². The number of aliphatic hydroxyl groups is 1. The van der Waals surface area contributed by atoms with Gasteiger partial charge in [-0.15, -0.1) is 0 Å². The normalized spacial score (nSPS) is 22.5. The minimum Gasteiger partial charge on any atom is -0.396 e. The molecule has 26 heavy (non-hydrogen) atoms. The first-order valence-electron chi connectivity index (χ1n) is 9.45. The molecule has 1 N–H and O–H groups in total. The average molecular weight is 361 g/mol. The second-order valence-electron chi connectivity index (χ2n) is 7.40. The molecule has 4 rings (SSSR count). The molecule has 0 aromatic carbocycles. The molecule has 2 aliphatic heterocycles. The van der Waals surface area contributed by atoms with Crippen LogP contribution in [0.15, 0.2) is 12.7 Å². The smallest absolute Gasteiger partial charge is 0.165 e. The predicted octanol–water partition coefficient (Wildman–Crippen LogP) is 1.23. The van der Waals surface area contributed by atoms with Crippen molar-refractivity contribution in [3.05, 3.63) is 12.7 Å². The quantitative estimate of drug-likeness (QED) is 0.794. The molecule has 2 fully saturated rings. The van der Waals surface area contributed by atoms with Crippen LogP contribution in [0.5, 0.6) is 0 Å². The molecule has 0 aliphatic carbocycles. The van der Waals surface area contributed by atoms with Crippen LogP contribution in [0.25, 0.3) is 11.2 Å². The number of hydrogen-bond donors (Lipinski definition) is 1. The number of nitrogens with zero attached hydrogens (tertiary/aromatic N) is 5. The molecule has 0 saturated carbocycles. The fraction of sp³-hybridized carbons (Fsp3) is 0.722. The molecule has 142 valence electrons. The second kappa shape index (κ2) is 7.46. The Morgan fingerprint density at radius 2 is 2.19 bits per heavy atom. The van der Waals surface area contributed by atoms with Crippen LogP contribution in [0.2, 0.25) is 0 Å². The summed E-state index contributed by atoms with van der Waals surface area (Å²) < 4.78 is 13.0. The van der Waals surface area contributed by atoms with Crippen molar-refractivity contribution in [1.29, 1.82) is 0 Å². The zero-order valence-electron chi connectivity index (χ0n) is 15.3. The highest BCUT2D eigenvalue weighted by Gasteiger charge is 2.39. The lowest BCUT2D eigenvalue weighted by molar-refractivity contribution is -0.144. The Balaban J connectivity index is 1.63. The number of rotatable bonds is 7. The van der Waals surface area contributed by atoms with Gasteiger partial charge in [-0.05, 0) is 26.2 Å². The van der Waals surface area contributed by atoms with Crippen molar-refractivity contribution >= 4 is 17.0 Å². The lowest BCUT2D eigenvalue weighted by Crippen LogP contribution is -2.48. The van der Waals surface area contributed by atoms with Crippen LogP contribution < -0.4 is 4.90 Å². The Labute approximate surface area is 153 Å². The lowest BCUT2D eigenvalue weighted by Gasteiger charge is -2.40. The molecular formula is C18H27N5O3. The first-order valence-corrected chi connectivity index (χ1v) is 9.45. The van der Waals surface area contributed by atoms with E-state index in [0.717, 1.165) is 43.0 Å². The number of fused-ring (bicyclic) bond motifs is 1. The van der Waals surface area contributed by atoms with Gasteiger partial charge in [0.2, 0.25) is 0 Å². The van der Waals surface area contributed by atoms with E-state index in [1.165, 1.54) is 6.42 Å². The van der Waals surface area contributed by atoms with E-state index in [0.29, 0.717) is 32.4 Å². The average Bonchev–Trinajstić information content (AvgIpc) is 3.06. The topological polar surface area (TPSA) is 85.5 Å². The van der Waals surface area contributed by atoms with Gasteiger partial charge in [-0.3, -0.25) is 0 Å². The van der Waals surface area contributed by atoms with Gasteiger partial charge in [0.05, 0.1) is 44.2 Å². The highest BCUT2D eigenvalue weighted by atomic mass is 16.5. The van der Waals surface area contributed by atoms with E-state index in [-0.39, 0.29) is 12.0 Å². The monoisotopic (exact) mass is 361 g/mol. The number of anilines is 1. The zero-order chi connectivity index (χ0) is 18.0. The van der Waals surface area contributed by atoms with Crippen LogP contribution in [0.3, 0.4) is 0 Å². The summed E-state index contributed by atoms with van der Waals surface area (Å²) in [5.41, 5.74) is 1.42. The first kappa shape index (κ1) is 17.6. The predicted molar refractivity (Wildman–Crippen MR) is 97.1 cm³/mol. The fourth-order valence-corrected chi connectivity index (χ4v) is 3.89. The number of aromatic nitrogens is 4. The SMILES string of the molecule is CCOCC1CCCCN1c1ncnc2c1ncn2CC1(CO)COC1. The van der Waals surface area contributed by atoms with Gasteiger partial charge in [-0.25, -0.2) is 15.0 Å². The fourth-order valence-electron chi connectivity index (χ4n) is 3.89. The minimum atomic E-state index is -0.221. The van der Waals surface area contributed by atoms with Crippen molar-refractivity contribution in [3.8, 4) is 0 Å². The molecule has 2 aromatic heterocycles. The molecule has 2 aliphatic rings. The van der Waals surface area contributed by atoms with Crippen LogP contribution >= 0.6 is 0 Å². The van der Waals surface area contributed by atoms with E-state index in [2.05, 4.69) is 19.9 Å². The minimum absolute atomic E-state index is 0.104. The molecular weight excluding hydrogens is 334 g/mol. The van der Waals surface area contributed by atoms with Crippen LogP contribution in [0.1, 0.15) is 26.2 Å². The summed E-state index contributed by atoms with van der Waals surface area (Å²) >= 11 is 0. The Morgan fingerprint density at radius 1 is 1.31 bits per heavy atom. The number of imidazole rings is 1. The number of hydrogen-bond acceptors (Lipinski definition) is 7. The second-order valence-corrected chi connectivity index (χ2v) is 7.40. The summed E-state index contributed by atoms with van der Waals surface area (Å²) in [6.07, 6.45) is 6.90. The van der Waals surface area contributed by atoms with Crippen LogP contribution in [0.4, 0.5) is 5.82 Å². The van der Waals surface area contributed by atoms with E-state index in [1.807, 2.05) is 11.5 Å². The summed E-state index contributed by atoms with van der Waals surface area (Å²) in [6.45, 7) is 6.33. The van der Waals surface area contributed by atoms with Gasteiger partial charge in [-0.2, -0.15) is 0 Å². The third kappa shape index (κ3) is 3.17. The molecule has 8 heteroatoms.